The van der Waals surface area contributed by atoms with Gasteiger partial charge in [-0.25, -0.2) is 4.98 Å². The Kier molecular flexibility index (Phi) is 4.98. The molecule has 1 amide bonds. The average Bonchev–Trinajstić information content (AvgIpc) is 3.26. The summed E-state index contributed by atoms with van der Waals surface area (Å²) in [7, 11) is 0. The van der Waals surface area contributed by atoms with E-state index in [0.29, 0.717) is 35.4 Å². The van der Waals surface area contributed by atoms with Crippen LogP contribution in [0.2, 0.25) is 5.02 Å². The Morgan fingerprint density at radius 1 is 1.44 bits per heavy atom. The number of anilines is 1. The molecule has 0 saturated carbocycles. The van der Waals surface area contributed by atoms with Gasteiger partial charge in [-0.2, -0.15) is 10.1 Å². The third-order valence-corrected chi connectivity index (χ3v) is 4.93. The maximum Gasteiger partial charge on any atom is 0.298 e. The van der Waals surface area contributed by atoms with Gasteiger partial charge < -0.3 is 14.6 Å². The van der Waals surface area contributed by atoms with E-state index in [1.807, 2.05) is 13.0 Å². The molecule has 2 aromatic heterocycles. The van der Waals surface area contributed by atoms with Gasteiger partial charge in [-0.3, -0.25) is 9.89 Å². The first-order valence-electron chi connectivity index (χ1n) is 9.02. The number of carbonyl (C=O) groups is 1. The number of aromatic nitrogens is 4. The molecule has 2 N–H and O–H groups in total. The molecule has 1 aliphatic rings. The van der Waals surface area contributed by atoms with Crippen LogP contribution in [0.25, 0.3) is 11.1 Å². The summed E-state index contributed by atoms with van der Waals surface area (Å²) in [6.07, 6.45) is 2.47. The van der Waals surface area contributed by atoms with Gasteiger partial charge in [0.1, 0.15) is 11.3 Å². The van der Waals surface area contributed by atoms with Crippen LogP contribution in [-0.4, -0.2) is 39.2 Å². The van der Waals surface area contributed by atoms with Crippen molar-refractivity contribution in [1.29, 1.82) is 0 Å². The van der Waals surface area contributed by atoms with Gasteiger partial charge in [-0.05, 0) is 37.8 Å². The second kappa shape index (κ2) is 7.56. The lowest BCUT2D eigenvalue weighted by atomic mass is 9.94. The van der Waals surface area contributed by atoms with Crippen molar-refractivity contribution in [2.24, 2.45) is 5.92 Å². The summed E-state index contributed by atoms with van der Waals surface area (Å²) in [5.74, 6) is 1.60. The molecule has 1 aliphatic heterocycles. The van der Waals surface area contributed by atoms with Crippen LogP contribution < -0.4 is 10.2 Å². The van der Waals surface area contributed by atoms with Crippen molar-refractivity contribution in [3.8, 4) is 0 Å². The zero-order valence-electron chi connectivity index (χ0n) is 15.0. The molecule has 1 saturated heterocycles. The van der Waals surface area contributed by atoms with Crippen molar-refractivity contribution in [3.63, 3.8) is 0 Å². The van der Waals surface area contributed by atoms with Gasteiger partial charge in [0.05, 0.1) is 6.54 Å². The minimum atomic E-state index is 0.00801. The van der Waals surface area contributed by atoms with Crippen molar-refractivity contribution in [2.75, 3.05) is 18.0 Å². The van der Waals surface area contributed by atoms with E-state index < -0.39 is 0 Å². The highest BCUT2D eigenvalue weighted by molar-refractivity contribution is 6.31. The molecular weight excluding hydrogens is 368 g/mol. The average molecular weight is 389 g/mol. The first kappa shape index (κ1) is 17.8. The fourth-order valence-electron chi connectivity index (χ4n) is 3.41. The molecule has 0 aliphatic carbocycles. The number of nitrogens with one attached hydrogen (secondary N) is 2. The van der Waals surface area contributed by atoms with E-state index in [9.17, 15) is 4.79 Å². The summed E-state index contributed by atoms with van der Waals surface area (Å²) in [6.45, 7) is 3.78. The quantitative estimate of drug-likeness (QED) is 0.697. The number of piperidine rings is 1. The second-order valence-electron chi connectivity index (χ2n) is 6.88. The maximum absolute atomic E-state index is 12.3. The van der Waals surface area contributed by atoms with E-state index in [0.717, 1.165) is 37.3 Å². The highest BCUT2D eigenvalue weighted by Crippen LogP contribution is 2.28. The van der Waals surface area contributed by atoms with Crippen molar-refractivity contribution in [3.05, 3.63) is 34.9 Å². The number of benzene rings is 1. The topological polar surface area (TPSA) is 99.9 Å². The Morgan fingerprint density at radius 3 is 3.15 bits per heavy atom. The third-order valence-electron chi connectivity index (χ3n) is 4.69. The van der Waals surface area contributed by atoms with Crippen LogP contribution in [0.5, 0.6) is 0 Å². The second-order valence-corrected chi connectivity index (χ2v) is 7.32. The van der Waals surface area contributed by atoms with E-state index >= 15 is 0 Å². The number of hydrogen-bond donors (Lipinski definition) is 2. The molecule has 0 bridgehead atoms. The van der Waals surface area contributed by atoms with Crippen molar-refractivity contribution in [2.45, 2.75) is 32.7 Å². The zero-order chi connectivity index (χ0) is 18.8. The predicted octanol–water partition coefficient (Wildman–Crippen LogP) is 2.83. The number of aryl methyl sites for hydroxylation is 1. The Labute approximate surface area is 161 Å². The van der Waals surface area contributed by atoms with Crippen LogP contribution in [0.3, 0.4) is 0 Å². The largest absolute Gasteiger partial charge is 0.423 e. The standard InChI is InChI=1S/C18H21ClN6O2/c1-11-21-16(24-23-11)9-20-17(26)7-12-3-2-6-25(10-12)18-22-14-5-4-13(19)8-15(14)27-18/h4-5,8,12H,2-3,6-7,9-10H2,1H3,(H,20,26)(H,21,23,24). The summed E-state index contributed by atoms with van der Waals surface area (Å²) in [4.78, 5) is 23.1. The number of H-pyrrole nitrogens is 1. The number of fused-ring (bicyclic) bond motifs is 1. The van der Waals surface area contributed by atoms with Crippen molar-refractivity contribution >= 4 is 34.6 Å². The summed E-state index contributed by atoms with van der Waals surface area (Å²) in [6, 6.07) is 6.01. The monoisotopic (exact) mass is 388 g/mol. The summed E-state index contributed by atoms with van der Waals surface area (Å²) in [5.41, 5.74) is 1.47. The molecular formula is C18H21ClN6O2. The van der Waals surface area contributed by atoms with Gasteiger partial charge in [0.2, 0.25) is 5.91 Å². The molecule has 4 rings (SSSR count). The molecule has 1 fully saturated rings. The highest BCUT2D eigenvalue weighted by Gasteiger charge is 2.25. The first-order chi connectivity index (χ1) is 13.1. The van der Waals surface area contributed by atoms with Gasteiger partial charge in [0.25, 0.3) is 6.01 Å². The molecule has 27 heavy (non-hydrogen) atoms. The van der Waals surface area contributed by atoms with E-state index in [4.69, 9.17) is 16.0 Å². The molecule has 9 heteroatoms. The van der Waals surface area contributed by atoms with E-state index in [1.54, 1.807) is 12.1 Å². The zero-order valence-corrected chi connectivity index (χ0v) is 15.8. The number of carbonyl (C=O) groups excluding carboxylic acids is 1. The summed E-state index contributed by atoms with van der Waals surface area (Å²) in [5, 5.41) is 10.3. The van der Waals surface area contributed by atoms with E-state index in [2.05, 4.69) is 30.4 Å². The van der Waals surface area contributed by atoms with Gasteiger partial charge in [0, 0.05) is 30.6 Å². The van der Waals surface area contributed by atoms with Crippen molar-refractivity contribution < 1.29 is 9.21 Å². The van der Waals surface area contributed by atoms with Crippen LogP contribution >= 0.6 is 11.6 Å². The number of oxazole rings is 1. The molecule has 1 atom stereocenters. The molecule has 8 nitrogen and oxygen atoms in total. The number of amides is 1. The molecule has 142 valence electrons. The number of rotatable bonds is 5. The van der Waals surface area contributed by atoms with Gasteiger partial charge in [-0.15, -0.1) is 0 Å². The molecule has 0 spiro atoms. The number of halogens is 1. The highest BCUT2D eigenvalue weighted by atomic mass is 35.5. The SMILES string of the molecule is Cc1nc(CNC(=O)CC2CCCN(c3nc4ccc(Cl)cc4o3)C2)n[nH]1. The molecule has 1 aromatic carbocycles. The number of nitrogens with zero attached hydrogens (tertiary/aromatic N) is 4. The molecule has 1 unspecified atom stereocenters. The Hall–Kier alpha value is -2.61. The molecule has 3 heterocycles. The van der Waals surface area contributed by atoms with Gasteiger partial charge >= 0.3 is 0 Å². The lowest BCUT2D eigenvalue weighted by Gasteiger charge is -2.31. The fraction of sp³-hybridized carbons (Fsp3) is 0.444. The third kappa shape index (κ3) is 4.21. The van der Waals surface area contributed by atoms with Crippen LogP contribution in [0.1, 0.15) is 30.9 Å². The normalized spacial score (nSPS) is 17.4. The minimum Gasteiger partial charge on any atom is -0.423 e. The summed E-state index contributed by atoms with van der Waals surface area (Å²) >= 11 is 6.01. The minimum absolute atomic E-state index is 0.00801. The molecule has 3 aromatic rings. The lowest BCUT2D eigenvalue weighted by Crippen LogP contribution is -2.38. The van der Waals surface area contributed by atoms with Gasteiger partial charge in [0.15, 0.2) is 11.4 Å². The first-order valence-corrected chi connectivity index (χ1v) is 9.40. The Balaban J connectivity index is 1.35. The smallest absolute Gasteiger partial charge is 0.298 e. The van der Waals surface area contributed by atoms with Crippen molar-refractivity contribution in [1.82, 2.24) is 25.5 Å². The van der Waals surface area contributed by atoms with Crippen LogP contribution in [-0.2, 0) is 11.3 Å². The number of hydrogen-bond acceptors (Lipinski definition) is 6. The molecule has 0 radical (unpaired) electrons. The lowest BCUT2D eigenvalue weighted by molar-refractivity contribution is -0.122. The fourth-order valence-corrected chi connectivity index (χ4v) is 3.57. The number of aromatic amines is 1. The summed E-state index contributed by atoms with van der Waals surface area (Å²) < 4.78 is 5.86. The van der Waals surface area contributed by atoms with Crippen LogP contribution in [0, 0.1) is 12.8 Å². The predicted molar refractivity (Wildman–Crippen MR) is 102 cm³/mol. The van der Waals surface area contributed by atoms with E-state index in [-0.39, 0.29) is 11.8 Å². The van der Waals surface area contributed by atoms with E-state index in [1.165, 1.54) is 0 Å². The van der Waals surface area contributed by atoms with Crippen LogP contribution in [0.4, 0.5) is 6.01 Å². The van der Waals surface area contributed by atoms with Crippen LogP contribution in [0.15, 0.2) is 22.6 Å². The maximum atomic E-state index is 12.3. The Bertz CT molecular complexity index is 952. The Morgan fingerprint density at radius 2 is 2.33 bits per heavy atom. The van der Waals surface area contributed by atoms with Gasteiger partial charge in [-0.1, -0.05) is 11.6 Å².